The number of amides is 1. The smallest absolute Gasteiger partial charge is 0.222 e. The molecule has 1 aromatic rings. The van der Waals surface area contributed by atoms with Gasteiger partial charge in [0.15, 0.2) is 0 Å². The van der Waals surface area contributed by atoms with Gasteiger partial charge in [0, 0.05) is 38.3 Å². The van der Waals surface area contributed by atoms with Crippen molar-refractivity contribution in [3.05, 3.63) is 29.8 Å². The summed E-state index contributed by atoms with van der Waals surface area (Å²) in [6.07, 6.45) is 2.54. The van der Waals surface area contributed by atoms with Crippen LogP contribution in [0.15, 0.2) is 24.3 Å². The third-order valence-electron chi connectivity index (χ3n) is 3.84. The number of nitrogens with two attached hydrogens (primary N) is 1. The molecule has 1 amide bonds. The van der Waals surface area contributed by atoms with Crippen molar-refractivity contribution in [1.29, 1.82) is 0 Å². The molecule has 1 aromatic carbocycles. The molecule has 110 valence electrons. The number of nitrogens with zero attached hydrogens (tertiary/aromatic N) is 2. The summed E-state index contributed by atoms with van der Waals surface area (Å²) in [6, 6.07) is 7.80. The molecule has 2 rings (SSSR count). The molecular weight excluding hydrogens is 250 g/mol. The summed E-state index contributed by atoms with van der Waals surface area (Å²) in [5.74, 6) is 0.267. The van der Waals surface area contributed by atoms with E-state index < -0.39 is 0 Å². The Morgan fingerprint density at radius 3 is 2.65 bits per heavy atom. The average molecular weight is 275 g/mol. The van der Waals surface area contributed by atoms with Crippen LogP contribution in [-0.2, 0) is 11.2 Å². The third kappa shape index (κ3) is 4.23. The van der Waals surface area contributed by atoms with Gasteiger partial charge in [-0.1, -0.05) is 19.1 Å². The SMILES string of the molecule is CCCN1CCN(C(=O)CCc2cccc(N)c2)CC1. The topological polar surface area (TPSA) is 49.6 Å². The first-order valence-corrected chi connectivity index (χ1v) is 7.53. The Kier molecular flexibility index (Phi) is 5.41. The molecule has 1 aliphatic heterocycles. The zero-order valence-electron chi connectivity index (χ0n) is 12.3. The van der Waals surface area contributed by atoms with Gasteiger partial charge in [-0.05, 0) is 37.1 Å². The second-order valence-electron chi connectivity index (χ2n) is 5.47. The van der Waals surface area contributed by atoms with Gasteiger partial charge in [0.25, 0.3) is 0 Å². The highest BCUT2D eigenvalue weighted by Gasteiger charge is 2.20. The van der Waals surface area contributed by atoms with Crippen molar-refractivity contribution in [3.63, 3.8) is 0 Å². The number of hydrogen-bond donors (Lipinski definition) is 1. The van der Waals surface area contributed by atoms with Gasteiger partial charge in [0.1, 0.15) is 0 Å². The summed E-state index contributed by atoms with van der Waals surface area (Å²) in [5, 5.41) is 0. The molecule has 2 N–H and O–H groups in total. The molecule has 0 spiro atoms. The summed E-state index contributed by atoms with van der Waals surface area (Å²) < 4.78 is 0. The van der Waals surface area contributed by atoms with E-state index in [2.05, 4.69) is 11.8 Å². The van der Waals surface area contributed by atoms with E-state index in [1.807, 2.05) is 29.2 Å². The minimum atomic E-state index is 0.267. The number of nitrogen functional groups attached to an aromatic ring is 1. The van der Waals surface area contributed by atoms with Gasteiger partial charge >= 0.3 is 0 Å². The van der Waals surface area contributed by atoms with Gasteiger partial charge in [-0.3, -0.25) is 9.69 Å². The standard InChI is InChI=1S/C16H25N3O/c1-2-8-18-9-11-19(12-10-18)16(20)7-6-14-4-3-5-15(17)13-14/h3-5,13H,2,6-12,17H2,1H3. The Labute approximate surface area is 121 Å². The highest BCUT2D eigenvalue weighted by Crippen LogP contribution is 2.11. The number of benzene rings is 1. The molecule has 4 nitrogen and oxygen atoms in total. The Morgan fingerprint density at radius 1 is 1.25 bits per heavy atom. The molecule has 1 heterocycles. The molecule has 0 radical (unpaired) electrons. The number of hydrogen-bond acceptors (Lipinski definition) is 3. The fourth-order valence-corrected chi connectivity index (χ4v) is 2.70. The van der Waals surface area contributed by atoms with Crippen LogP contribution < -0.4 is 5.73 Å². The van der Waals surface area contributed by atoms with Crippen molar-refractivity contribution in [1.82, 2.24) is 9.80 Å². The number of anilines is 1. The zero-order chi connectivity index (χ0) is 14.4. The van der Waals surface area contributed by atoms with E-state index in [0.717, 1.165) is 50.4 Å². The Bertz CT molecular complexity index is 439. The van der Waals surface area contributed by atoms with Crippen molar-refractivity contribution in [2.24, 2.45) is 0 Å². The highest BCUT2D eigenvalue weighted by molar-refractivity contribution is 5.76. The van der Waals surface area contributed by atoms with Crippen LogP contribution in [0.25, 0.3) is 0 Å². The molecule has 0 atom stereocenters. The second kappa shape index (κ2) is 7.29. The van der Waals surface area contributed by atoms with E-state index in [1.54, 1.807) is 0 Å². The average Bonchev–Trinajstić information content (AvgIpc) is 2.46. The molecule has 1 aliphatic rings. The molecule has 1 fully saturated rings. The quantitative estimate of drug-likeness (QED) is 0.833. The van der Waals surface area contributed by atoms with Gasteiger partial charge in [-0.25, -0.2) is 0 Å². The van der Waals surface area contributed by atoms with Gasteiger partial charge in [0.2, 0.25) is 5.91 Å². The molecule has 0 unspecified atom stereocenters. The molecular formula is C16H25N3O. The first kappa shape index (κ1) is 14.9. The number of aryl methyl sites for hydroxylation is 1. The maximum absolute atomic E-state index is 12.2. The minimum absolute atomic E-state index is 0.267. The predicted molar refractivity (Wildman–Crippen MR) is 82.5 cm³/mol. The van der Waals surface area contributed by atoms with Crippen LogP contribution in [0.2, 0.25) is 0 Å². The third-order valence-corrected chi connectivity index (χ3v) is 3.84. The van der Waals surface area contributed by atoms with Crippen molar-refractivity contribution >= 4 is 11.6 Å². The second-order valence-corrected chi connectivity index (χ2v) is 5.47. The molecule has 0 aromatic heterocycles. The first-order chi connectivity index (χ1) is 9.69. The number of carbonyl (C=O) groups is 1. The first-order valence-electron chi connectivity index (χ1n) is 7.53. The minimum Gasteiger partial charge on any atom is -0.399 e. The lowest BCUT2D eigenvalue weighted by Gasteiger charge is -2.34. The van der Waals surface area contributed by atoms with E-state index in [9.17, 15) is 4.79 Å². The van der Waals surface area contributed by atoms with Crippen LogP contribution in [0.4, 0.5) is 5.69 Å². The van der Waals surface area contributed by atoms with Crippen molar-refractivity contribution in [3.8, 4) is 0 Å². The van der Waals surface area contributed by atoms with Crippen molar-refractivity contribution in [2.75, 3.05) is 38.5 Å². The lowest BCUT2D eigenvalue weighted by Crippen LogP contribution is -2.48. The number of piperazine rings is 1. The van der Waals surface area contributed by atoms with Gasteiger partial charge in [-0.2, -0.15) is 0 Å². The maximum Gasteiger partial charge on any atom is 0.222 e. The van der Waals surface area contributed by atoms with Crippen LogP contribution in [0.3, 0.4) is 0 Å². The van der Waals surface area contributed by atoms with Gasteiger partial charge < -0.3 is 10.6 Å². The molecule has 0 saturated carbocycles. The van der Waals surface area contributed by atoms with Crippen molar-refractivity contribution < 1.29 is 4.79 Å². The summed E-state index contributed by atoms with van der Waals surface area (Å²) in [4.78, 5) is 16.6. The fourth-order valence-electron chi connectivity index (χ4n) is 2.70. The van der Waals surface area contributed by atoms with Gasteiger partial charge in [0.05, 0.1) is 0 Å². The number of rotatable bonds is 5. The lowest BCUT2D eigenvalue weighted by atomic mass is 10.1. The van der Waals surface area contributed by atoms with E-state index >= 15 is 0 Å². The van der Waals surface area contributed by atoms with Crippen LogP contribution in [0.1, 0.15) is 25.3 Å². The molecule has 20 heavy (non-hydrogen) atoms. The summed E-state index contributed by atoms with van der Waals surface area (Å²) in [6.45, 7) is 7.11. The van der Waals surface area contributed by atoms with Crippen LogP contribution in [-0.4, -0.2) is 48.4 Å². The van der Waals surface area contributed by atoms with Gasteiger partial charge in [-0.15, -0.1) is 0 Å². The molecule has 1 saturated heterocycles. The van der Waals surface area contributed by atoms with E-state index in [4.69, 9.17) is 5.73 Å². The van der Waals surface area contributed by atoms with Crippen LogP contribution in [0, 0.1) is 0 Å². The van der Waals surface area contributed by atoms with Crippen molar-refractivity contribution in [2.45, 2.75) is 26.2 Å². The molecule has 0 aliphatic carbocycles. The molecule has 0 bridgehead atoms. The molecule has 4 heteroatoms. The highest BCUT2D eigenvalue weighted by atomic mass is 16.2. The summed E-state index contributed by atoms with van der Waals surface area (Å²) in [5.41, 5.74) is 7.66. The number of carbonyl (C=O) groups excluding carboxylic acids is 1. The van der Waals surface area contributed by atoms with Crippen LogP contribution in [0.5, 0.6) is 0 Å². The van der Waals surface area contributed by atoms with E-state index in [0.29, 0.717) is 6.42 Å². The summed E-state index contributed by atoms with van der Waals surface area (Å²) in [7, 11) is 0. The normalized spacial score (nSPS) is 16.4. The van der Waals surface area contributed by atoms with E-state index in [-0.39, 0.29) is 5.91 Å². The maximum atomic E-state index is 12.2. The Hall–Kier alpha value is -1.55. The largest absolute Gasteiger partial charge is 0.399 e. The van der Waals surface area contributed by atoms with Crippen LogP contribution >= 0.6 is 0 Å². The predicted octanol–water partition coefficient (Wildman–Crippen LogP) is 1.76. The fraction of sp³-hybridized carbons (Fsp3) is 0.562. The Morgan fingerprint density at radius 2 is 2.00 bits per heavy atom. The zero-order valence-corrected chi connectivity index (χ0v) is 12.3. The monoisotopic (exact) mass is 275 g/mol. The lowest BCUT2D eigenvalue weighted by molar-refractivity contribution is -0.132. The van der Waals surface area contributed by atoms with E-state index in [1.165, 1.54) is 6.42 Å². The summed E-state index contributed by atoms with van der Waals surface area (Å²) >= 11 is 0. The Balaban J connectivity index is 1.76.